The first-order chi connectivity index (χ1) is 15.1. The molecule has 0 radical (unpaired) electrons. The number of nitrogens with one attached hydrogen (secondary N) is 1. The third-order valence-electron chi connectivity index (χ3n) is 4.46. The van der Waals surface area contributed by atoms with Crippen molar-refractivity contribution in [2.24, 2.45) is 0 Å². The van der Waals surface area contributed by atoms with Crippen molar-refractivity contribution in [1.82, 2.24) is 5.32 Å². The molecule has 1 saturated heterocycles. The van der Waals surface area contributed by atoms with Gasteiger partial charge in [-0.1, -0.05) is 6.07 Å². The highest BCUT2D eigenvalue weighted by molar-refractivity contribution is 14.1. The van der Waals surface area contributed by atoms with E-state index in [1.807, 2.05) is 65.1 Å². The first-order valence-electron chi connectivity index (χ1n) is 9.29. The molecule has 8 nitrogen and oxygen atoms in total. The first kappa shape index (κ1) is 24.2. The molecule has 0 saturated carbocycles. The van der Waals surface area contributed by atoms with Crippen LogP contribution >= 0.6 is 45.2 Å². The van der Waals surface area contributed by atoms with Gasteiger partial charge < -0.3 is 9.47 Å². The van der Waals surface area contributed by atoms with Gasteiger partial charge in [0.1, 0.15) is 11.3 Å². The van der Waals surface area contributed by atoms with Crippen molar-refractivity contribution in [3.63, 3.8) is 0 Å². The molecule has 3 rings (SSSR count). The number of halogens is 2. The van der Waals surface area contributed by atoms with E-state index in [1.54, 1.807) is 24.3 Å². The van der Waals surface area contributed by atoms with Crippen molar-refractivity contribution in [1.29, 1.82) is 0 Å². The summed E-state index contributed by atoms with van der Waals surface area (Å²) in [5.74, 6) is -1.50. The van der Waals surface area contributed by atoms with Crippen LogP contribution in [0.3, 0.4) is 0 Å². The maximum Gasteiger partial charge on any atom is 0.343 e. The van der Waals surface area contributed by atoms with Gasteiger partial charge in [0.05, 0.1) is 19.9 Å². The van der Waals surface area contributed by atoms with Gasteiger partial charge in [-0.2, -0.15) is 0 Å². The van der Waals surface area contributed by atoms with Gasteiger partial charge in [0.25, 0.3) is 11.8 Å². The number of imide groups is 2. The molecule has 32 heavy (non-hydrogen) atoms. The van der Waals surface area contributed by atoms with Crippen LogP contribution in [-0.4, -0.2) is 37.5 Å². The molecule has 1 heterocycles. The topological polar surface area (TPSA) is 102 Å². The molecule has 0 atom stereocenters. The summed E-state index contributed by atoms with van der Waals surface area (Å²) in [7, 11) is 1.27. The SMILES string of the molecule is COC(=O)COc1c(I)cc(/C=C2\C(=O)NC(=O)N(c3cc(C)cc(C)c3)C2=O)cc1I. The number of benzene rings is 2. The molecule has 4 amide bonds. The minimum Gasteiger partial charge on any atom is -0.480 e. The van der Waals surface area contributed by atoms with Crippen molar-refractivity contribution in [3.8, 4) is 5.75 Å². The quantitative estimate of drug-likeness (QED) is 0.227. The lowest BCUT2D eigenvalue weighted by atomic mass is 10.1. The second kappa shape index (κ2) is 9.98. The Kier molecular flexibility index (Phi) is 7.54. The van der Waals surface area contributed by atoms with Crippen LogP contribution < -0.4 is 15.0 Å². The predicted molar refractivity (Wildman–Crippen MR) is 134 cm³/mol. The van der Waals surface area contributed by atoms with E-state index < -0.39 is 23.8 Å². The number of nitrogens with zero attached hydrogens (tertiary/aromatic N) is 1. The number of anilines is 1. The number of hydrogen-bond acceptors (Lipinski definition) is 6. The highest BCUT2D eigenvalue weighted by atomic mass is 127. The average Bonchev–Trinajstić information content (AvgIpc) is 2.69. The molecule has 1 aliphatic heterocycles. The molecular formula is C22H18I2N2O6. The first-order valence-corrected chi connectivity index (χ1v) is 11.4. The standard InChI is InChI=1S/C22H18I2N2O6/c1-11-4-12(2)6-14(5-11)26-21(29)15(20(28)25-22(26)30)7-13-8-16(23)19(17(24)9-13)32-10-18(27)31-3/h4-9H,10H2,1-3H3,(H,25,28,30)/b15-7+. The van der Waals surface area contributed by atoms with Crippen molar-refractivity contribution < 1.29 is 28.7 Å². The van der Waals surface area contributed by atoms with Gasteiger partial charge in [-0.25, -0.2) is 14.5 Å². The van der Waals surface area contributed by atoms with Crippen LogP contribution in [-0.2, 0) is 19.1 Å². The summed E-state index contributed by atoms with van der Waals surface area (Å²) in [4.78, 5) is 50.3. The molecule has 2 aromatic rings. The Hall–Kier alpha value is -2.48. The Bertz CT molecular complexity index is 1130. The number of carbonyl (C=O) groups is 4. The molecule has 0 aliphatic carbocycles. The summed E-state index contributed by atoms with van der Waals surface area (Å²) in [5.41, 5.74) is 2.56. The van der Waals surface area contributed by atoms with Crippen molar-refractivity contribution in [2.75, 3.05) is 18.6 Å². The number of aryl methyl sites for hydroxylation is 2. The van der Waals surface area contributed by atoms with Crippen LogP contribution in [0.2, 0.25) is 0 Å². The van der Waals surface area contributed by atoms with Gasteiger partial charge in [0.2, 0.25) is 0 Å². The molecular weight excluding hydrogens is 642 g/mol. The number of ether oxygens (including phenoxy) is 2. The van der Waals surface area contributed by atoms with Gasteiger partial charge in [-0.3, -0.25) is 14.9 Å². The van der Waals surface area contributed by atoms with Gasteiger partial charge in [-0.15, -0.1) is 0 Å². The summed E-state index contributed by atoms with van der Waals surface area (Å²) in [5, 5.41) is 2.23. The number of barbiturate groups is 1. The Balaban J connectivity index is 1.96. The summed E-state index contributed by atoms with van der Waals surface area (Å²) >= 11 is 4.08. The van der Waals surface area contributed by atoms with E-state index in [-0.39, 0.29) is 12.2 Å². The fraction of sp³-hybridized carbons (Fsp3) is 0.182. The number of rotatable bonds is 5. The molecule has 1 N–H and O–H groups in total. The van der Waals surface area contributed by atoms with E-state index in [0.29, 0.717) is 24.1 Å². The van der Waals surface area contributed by atoms with E-state index in [9.17, 15) is 19.2 Å². The maximum absolute atomic E-state index is 13.1. The minimum atomic E-state index is -0.794. The zero-order chi connectivity index (χ0) is 23.6. The van der Waals surface area contributed by atoms with Crippen LogP contribution in [0.4, 0.5) is 10.5 Å². The van der Waals surface area contributed by atoms with E-state index in [0.717, 1.165) is 16.0 Å². The van der Waals surface area contributed by atoms with E-state index >= 15 is 0 Å². The molecule has 2 aromatic carbocycles. The lowest BCUT2D eigenvalue weighted by Crippen LogP contribution is -2.54. The van der Waals surface area contributed by atoms with Crippen molar-refractivity contribution in [3.05, 3.63) is 59.7 Å². The fourth-order valence-corrected chi connectivity index (χ4v) is 5.26. The number of carbonyl (C=O) groups excluding carboxylic acids is 4. The Morgan fingerprint density at radius 2 is 1.62 bits per heavy atom. The van der Waals surface area contributed by atoms with Crippen LogP contribution in [0.15, 0.2) is 35.9 Å². The van der Waals surface area contributed by atoms with Crippen LogP contribution in [0, 0.1) is 21.0 Å². The highest BCUT2D eigenvalue weighted by Gasteiger charge is 2.37. The van der Waals surface area contributed by atoms with Crippen LogP contribution in [0.1, 0.15) is 16.7 Å². The number of hydrogen-bond donors (Lipinski definition) is 1. The molecule has 1 aliphatic rings. The van der Waals surface area contributed by atoms with E-state index in [2.05, 4.69) is 10.1 Å². The summed E-state index contributed by atoms with van der Waals surface area (Å²) in [6, 6.07) is 7.96. The number of esters is 1. The normalized spacial score (nSPS) is 15.1. The molecule has 0 unspecified atom stereocenters. The zero-order valence-corrected chi connectivity index (χ0v) is 21.6. The lowest BCUT2D eigenvalue weighted by Gasteiger charge is -2.27. The molecule has 166 valence electrons. The molecule has 0 spiro atoms. The Morgan fingerprint density at radius 1 is 1.03 bits per heavy atom. The number of methoxy groups -OCH3 is 1. The smallest absolute Gasteiger partial charge is 0.343 e. The fourth-order valence-electron chi connectivity index (χ4n) is 3.13. The largest absolute Gasteiger partial charge is 0.480 e. The molecule has 0 bridgehead atoms. The number of urea groups is 1. The lowest BCUT2D eigenvalue weighted by molar-refractivity contribution is -0.143. The van der Waals surface area contributed by atoms with E-state index in [4.69, 9.17) is 4.74 Å². The number of amides is 4. The van der Waals surface area contributed by atoms with Crippen LogP contribution in [0.5, 0.6) is 5.75 Å². The molecule has 1 fully saturated rings. The average molecular weight is 660 g/mol. The Labute approximate surface area is 211 Å². The highest BCUT2D eigenvalue weighted by Crippen LogP contribution is 2.31. The zero-order valence-electron chi connectivity index (χ0n) is 17.3. The second-order valence-corrected chi connectivity index (χ2v) is 9.31. The van der Waals surface area contributed by atoms with Crippen molar-refractivity contribution >= 4 is 80.8 Å². The third kappa shape index (κ3) is 5.28. The monoisotopic (exact) mass is 660 g/mol. The van der Waals surface area contributed by atoms with Gasteiger partial charge in [-0.05, 0) is 106 Å². The maximum atomic E-state index is 13.1. The van der Waals surface area contributed by atoms with Crippen molar-refractivity contribution in [2.45, 2.75) is 13.8 Å². The second-order valence-electron chi connectivity index (χ2n) is 6.98. The predicted octanol–water partition coefficient (Wildman–Crippen LogP) is 3.73. The van der Waals surface area contributed by atoms with Crippen LogP contribution in [0.25, 0.3) is 6.08 Å². The summed E-state index contributed by atoms with van der Waals surface area (Å²) < 4.78 is 11.4. The minimum absolute atomic E-state index is 0.168. The van der Waals surface area contributed by atoms with Gasteiger partial charge in [0, 0.05) is 0 Å². The summed E-state index contributed by atoms with van der Waals surface area (Å²) in [6.07, 6.45) is 1.42. The van der Waals surface area contributed by atoms with Gasteiger partial charge in [0.15, 0.2) is 6.61 Å². The molecule has 0 aromatic heterocycles. The third-order valence-corrected chi connectivity index (χ3v) is 6.06. The van der Waals surface area contributed by atoms with E-state index in [1.165, 1.54) is 13.2 Å². The summed E-state index contributed by atoms with van der Waals surface area (Å²) in [6.45, 7) is 3.48. The van der Waals surface area contributed by atoms with Gasteiger partial charge >= 0.3 is 12.0 Å². The molecule has 10 heteroatoms. The Morgan fingerprint density at radius 3 is 2.19 bits per heavy atom.